The molecule has 3 aromatic carbocycles. The summed E-state index contributed by atoms with van der Waals surface area (Å²) in [6, 6.07) is 17.5. The molecule has 0 aromatic heterocycles. The Morgan fingerprint density at radius 3 is 1.25 bits per heavy atom. The van der Waals surface area contributed by atoms with Crippen LogP contribution in [0.25, 0.3) is 16.7 Å². The molecule has 0 heterocycles. The van der Waals surface area contributed by atoms with Gasteiger partial charge in [0.05, 0.1) is 17.7 Å². The third-order valence-corrected chi connectivity index (χ3v) is 11.8. The normalized spacial score (nSPS) is 25.7. The Morgan fingerprint density at radius 2 is 0.882 bits per heavy atom. The highest BCUT2D eigenvalue weighted by Gasteiger charge is 2.35. The summed E-state index contributed by atoms with van der Waals surface area (Å²) in [5, 5.41) is 2.16. The van der Waals surface area contributed by atoms with Crippen LogP contribution in [0.2, 0.25) is 15.1 Å². The van der Waals surface area contributed by atoms with E-state index in [4.69, 9.17) is 54.7 Å². The molecule has 3 aromatic rings. The minimum Gasteiger partial charge on any atom is -0.369 e. The van der Waals surface area contributed by atoms with Gasteiger partial charge in [-0.05, 0) is 180 Å². The first-order chi connectivity index (χ1) is 25.2. The monoisotopic (exact) mass is 743 g/mol. The van der Waals surface area contributed by atoms with Crippen molar-refractivity contribution in [3.8, 4) is 0 Å². The Balaban J connectivity index is 0.000000123. The van der Waals surface area contributed by atoms with Crippen LogP contribution in [-0.2, 0) is 33.6 Å². The van der Waals surface area contributed by atoms with Crippen LogP contribution in [-0.4, -0.2) is 17.7 Å². The van der Waals surface area contributed by atoms with Crippen molar-refractivity contribution >= 4 is 69.2 Å². The van der Waals surface area contributed by atoms with Crippen LogP contribution in [0.4, 0.5) is 0 Å². The zero-order chi connectivity index (χ0) is 37.8. The first kappa shape index (κ1) is 33.0. The highest BCUT2D eigenvalue weighted by Crippen LogP contribution is 2.47. The van der Waals surface area contributed by atoms with Crippen LogP contribution in [0.3, 0.4) is 0 Å². The van der Waals surface area contributed by atoms with E-state index in [9.17, 15) is 14.4 Å². The van der Waals surface area contributed by atoms with Crippen molar-refractivity contribution in [1.29, 1.82) is 0 Å². The highest BCUT2D eigenvalue weighted by atomic mass is 35.5. The first-order valence-electron chi connectivity index (χ1n) is 18.6. The Kier molecular flexibility index (Phi) is 9.49. The number of nitrogens with two attached hydrogens (primary N) is 3. The number of fused-ring (bicyclic) bond motifs is 6. The highest BCUT2D eigenvalue weighted by molar-refractivity contribution is 6.31. The molecule has 3 unspecified atom stereocenters. The number of benzene rings is 3. The average Bonchev–Trinajstić information content (AvgIpc) is 3.81. The topological polar surface area (TPSA) is 129 Å². The van der Waals surface area contributed by atoms with Gasteiger partial charge in [-0.3, -0.25) is 14.4 Å². The summed E-state index contributed by atoms with van der Waals surface area (Å²) < 4.78 is 16.7. The lowest BCUT2D eigenvalue weighted by atomic mass is 9.82. The van der Waals surface area contributed by atoms with Gasteiger partial charge in [-0.1, -0.05) is 53.0 Å². The number of carbonyl (C=O) groups excluding carboxylic acids is 3. The molecular formula is C42H42Cl3N3O3. The SMILES string of the molecule is NC(=O)C1CCCC2=C1Cc1ccc(Cl)cc12.[2H]C1(C(N)=O)CCCC2=C1Cc1ccc(Cl)cc12.[2H]C1(C(N)=O)CCCC2=C1Cc1ccc(Cl)cc12. The summed E-state index contributed by atoms with van der Waals surface area (Å²) in [7, 11) is 0. The lowest BCUT2D eigenvalue weighted by Crippen LogP contribution is -2.27. The van der Waals surface area contributed by atoms with E-state index in [0.29, 0.717) is 35.7 Å². The molecule has 0 bridgehead atoms. The number of hydrogen-bond acceptors (Lipinski definition) is 3. The Bertz CT molecular complexity index is 2080. The molecule has 3 atom stereocenters. The molecule has 0 fully saturated rings. The predicted molar refractivity (Wildman–Crippen MR) is 206 cm³/mol. The molecule has 0 saturated heterocycles. The molecule has 9 rings (SSSR count). The Hall–Kier alpha value is -3.84. The first-order valence-corrected chi connectivity index (χ1v) is 18.8. The third kappa shape index (κ3) is 7.03. The van der Waals surface area contributed by atoms with E-state index in [-0.39, 0.29) is 11.8 Å². The summed E-state index contributed by atoms with van der Waals surface area (Å²) in [6.07, 6.45) is 9.73. The van der Waals surface area contributed by atoms with Gasteiger partial charge in [0.25, 0.3) is 0 Å². The van der Waals surface area contributed by atoms with Crippen molar-refractivity contribution < 1.29 is 17.1 Å². The molecule has 6 nitrogen and oxygen atoms in total. The number of amides is 3. The maximum Gasteiger partial charge on any atom is 0.224 e. The van der Waals surface area contributed by atoms with E-state index in [2.05, 4.69) is 6.07 Å². The summed E-state index contributed by atoms with van der Waals surface area (Å²) in [5.41, 5.74) is 30.0. The third-order valence-electron chi connectivity index (χ3n) is 11.1. The summed E-state index contributed by atoms with van der Waals surface area (Å²) in [6.45, 7) is 0. The standard InChI is InChI=1S/3C14H14ClNO/c3*15-9-5-4-8-6-13-10(12(8)7-9)2-1-3-11(13)14(16)17/h3*4-5,7,11H,1-3,6H2,(H2,16,17)/i2*11D;. The lowest BCUT2D eigenvalue weighted by Gasteiger charge is -2.22. The predicted octanol–water partition coefficient (Wildman–Crippen LogP) is 8.81. The van der Waals surface area contributed by atoms with Crippen molar-refractivity contribution in [1.82, 2.24) is 0 Å². The second-order valence-electron chi connectivity index (χ2n) is 14.1. The van der Waals surface area contributed by atoms with E-state index >= 15 is 0 Å². The maximum atomic E-state index is 11.6. The number of allylic oxidation sites excluding steroid dienone is 3. The number of primary amides is 3. The van der Waals surface area contributed by atoms with E-state index in [1.165, 1.54) is 22.3 Å². The number of carbonyl (C=O) groups is 3. The zero-order valence-corrected chi connectivity index (χ0v) is 30.6. The summed E-state index contributed by atoms with van der Waals surface area (Å²) in [4.78, 5) is 34.7. The fourth-order valence-electron chi connectivity index (χ4n) is 8.83. The second-order valence-corrected chi connectivity index (χ2v) is 15.4. The quantitative estimate of drug-likeness (QED) is 0.248. The van der Waals surface area contributed by atoms with Gasteiger partial charge in [0.15, 0.2) is 0 Å². The Morgan fingerprint density at radius 1 is 0.529 bits per heavy atom. The molecule has 0 spiro atoms. The van der Waals surface area contributed by atoms with Gasteiger partial charge in [-0.2, -0.15) is 0 Å². The zero-order valence-electron chi connectivity index (χ0n) is 30.3. The van der Waals surface area contributed by atoms with Crippen molar-refractivity contribution in [3.05, 3.63) is 120 Å². The molecule has 0 saturated carbocycles. The van der Waals surface area contributed by atoms with Gasteiger partial charge in [-0.25, -0.2) is 0 Å². The minimum atomic E-state index is -1.22. The summed E-state index contributed by atoms with van der Waals surface area (Å²) >= 11 is 18.1. The van der Waals surface area contributed by atoms with Crippen molar-refractivity contribution in [2.75, 3.05) is 0 Å². The van der Waals surface area contributed by atoms with E-state index in [1.54, 1.807) is 0 Å². The minimum absolute atomic E-state index is 0.0649. The molecule has 6 aliphatic carbocycles. The maximum absolute atomic E-state index is 11.6. The van der Waals surface area contributed by atoms with Gasteiger partial charge in [0, 0.05) is 17.8 Å². The fraction of sp³-hybridized carbons (Fsp3) is 0.357. The number of halogens is 3. The fourth-order valence-corrected chi connectivity index (χ4v) is 9.35. The number of hydrogen-bond donors (Lipinski definition) is 3. The van der Waals surface area contributed by atoms with Crippen molar-refractivity contribution in [2.24, 2.45) is 34.9 Å². The van der Waals surface area contributed by atoms with Gasteiger partial charge in [0.2, 0.25) is 17.7 Å². The largest absolute Gasteiger partial charge is 0.369 e. The van der Waals surface area contributed by atoms with Crippen molar-refractivity contribution in [2.45, 2.75) is 77.0 Å². The Labute approximate surface area is 316 Å². The summed E-state index contributed by atoms with van der Waals surface area (Å²) in [5.74, 6) is -3.76. The van der Waals surface area contributed by atoms with Gasteiger partial charge >= 0.3 is 0 Å². The van der Waals surface area contributed by atoms with Crippen LogP contribution in [0.5, 0.6) is 0 Å². The molecule has 9 heteroatoms. The molecule has 3 amide bonds. The molecule has 51 heavy (non-hydrogen) atoms. The molecule has 6 N–H and O–H groups in total. The molecular weight excluding hydrogens is 701 g/mol. The van der Waals surface area contributed by atoms with Crippen LogP contribution in [0.1, 0.15) is 93.9 Å². The van der Waals surface area contributed by atoms with Crippen molar-refractivity contribution in [3.63, 3.8) is 0 Å². The molecule has 264 valence electrons. The second kappa shape index (κ2) is 14.7. The van der Waals surface area contributed by atoms with Crippen LogP contribution < -0.4 is 17.2 Å². The van der Waals surface area contributed by atoms with Crippen LogP contribution in [0, 0.1) is 17.7 Å². The van der Waals surface area contributed by atoms with Gasteiger partial charge < -0.3 is 17.2 Å². The smallest absolute Gasteiger partial charge is 0.224 e. The van der Waals surface area contributed by atoms with Crippen LogP contribution >= 0.6 is 34.8 Å². The lowest BCUT2D eigenvalue weighted by molar-refractivity contribution is -0.121. The van der Waals surface area contributed by atoms with Crippen LogP contribution in [0.15, 0.2) is 71.3 Å². The molecule has 6 aliphatic rings. The van der Waals surface area contributed by atoms with Gasteiger partial charge in [0.1, 0.15) is 0 Å². The molecule has 0 radical (unpaired) electrons. The average molecular weight is 745 g/mol. The molecule has 0 aliphatic heterocycles. The van der Waals surface area contributed by atoms with E-state index in [0.717, 1.165) is 101 Å². The van der Waals surface area contributed by atoms with E-state index < -0.39 is 23.6 Å². The van der Waals surface area contributed by atoms with E-state index in [1.807, 2.05) is 48.5 Å². The van der Waals surface area contributed by atoms with Gasteiger partial charge in [-0.15, -0.1) is 0 Å². The number of rotatable bonds is 3.